The molecule has 130 valence electrons. The zero-order valence-corrected chi connectivity index (χ0v) is 14.3. The molecule has 4 rings (SSSR count). The first kappa shape index (κ1) is 16.3. The Bertz CT molecular complexity index is 984. The lowest BCUT2D eigenvalue weighted by Gasteiger charge is -2.00. The van der Waals surface area contributed by atoms with Crippen molar-refractivity contribution < 1.29 is 14.5 Å². The number of benzene rings is 2. The van der Waals surface area contributed by atoms with Crippen molar-refractivity contribution in [2.75, 3.05) is 6.61 Å². The summed E-state index contributed by atoms with van der Waals surface area (Å²) in [7, 11) is 0. The number of nitrogens with zero attached hydrogens (tertiary/aromatic N) is 2. The Hall–Kier alpha value is -3.13. The lowest BCUT2D eigenvalue weighted by Crippen LogP contribution is -2.19. The summed E-state index contributed by atoms with van der Waals surface area (Å²) >= 11 is 1.16. The SMILES string of the molecule is O=C1NC(=Nc2ccccc2[N+](=O)[O-])SC1=Cc1ccc2c(c1)CCO2. The average Bonchev–Trinajstić information content (AvgIpc) is 3.21. The van der Waals surface area contributed by atoms with Crippen molar-refractivity contribution in [3.05, 3.63) is 68.6 Å². The molecule has 2 aliphatic rings. The molecule has 0 atom stereocenters. The number of hydrogen-bond acceptors (Lipinski definition) is 6. The molecule has 2 heterocycles. The Morgan fingerprint density at radius 3 is 2.96 bits per heavy atom. The number of aliphatic imine (C=N–C) groups is 1. The van der Waals surface area contributed by atoms with Crippen LogP contribution in [0.15, 0.2) is 52.4 Å². The number of amides is 1. The Balaban J connectivity index is 1.60. The first-order chi connectivity index (χ1) is 12.6. The maximum atomic E-state index is 12.2. The van der Waals surface area contributed by atoms with Crippen LogP contribution >= 0.6 is 11.8 Å². The van der Waals surface area contributed by atoms with Gasteiger partial charge in [-0.2, -0.15) is 0 Å². The molecule has 7 nitrogen and oxygen atoms in total. The number of nitro groups is 1. The summed E-state index contributed by atoms with van der Waals surface area (Å²) in [4.78, 5) is 27.5. The third kappa shape index (κ3) is 3.18. The summed E-state index contributed by atoms with van der Waals surface area (Å²) in [5.41, 5.74) is 2.12. The van der Waals surface area contributed by atoms with E-state index in [1.54, 1.807) is 24.3 Å². The highest BCUT2D eigenvalue weighted by Crippen LogP contribution is 2.33. The van der Waals surface area contributed by atoms with Gasteiger partial charge in [-0.1, -0.05) is 18.2 Å². The van der Waals surface area contributed by atoms with Crippen LogP contribution in [-0.2, 0) is 11.2 Å². The van der Waals surface area contributed by atoms with E-state index in [1.165, 1.54) is 6.07 Å². The molecule has 2 aliphatic heterocycles. The van der Waals surface area contributed by atoms with Gasteiger partial charge in [-0.05, 0) is 47.2 Å². The van der Waals surface area contributed by atoms with Crippen LogP contribution in [0.5, 0.6) is 5.75 Å². The van der Waals surface area contributed by atoms with Crippen molar-refractivity contribution in [3.63, 3.8) is 0 Å². The molecule has 1 saturated heterocycles. The van der Waals surface area contributed by atoms with E-state index < -0.39 is 4.92 Å². The molecule has 26 heavy (non-hydrogen) atoms. The zero-order chi connectivity index (χ0) is 18.1. The summed E-state index contributed by atoms with van der Waals surface area (Å²) in [5.74, 6) is 0.610. The predicted octanol–water partition coefficient (Wildman–Crippen LogP) is 3.42. The lowest BCUT2D eigenvalue weighted by atomic mass is 10.1. The number of hydrogen-bond donors (Lipinski definition) is 1. The molecule has 8 heteroatoms. The maximum absolute atomic E-state index is 12.2. The number of amidine groups is 1. The van der Waals surface area contributed by atoms with Gasteiger partial charge in [-0.25, -0.2) is 4.99 Å². The minimum absolute atomic E-state index is 0.106. The monoisotopic (exact) mass is 367 g/mol. The molecule has 1 amide bonds. The topological polar surface area (TPSA) is 93.8 Å². The summed E-state index contributed by atoms with van der Waals surface area (Å²) in [6, 6.07) is 11.9. The number of carbonyl (C=O) groups excluding carboxylic acids is 1. The van der Waals surface area contributed by atoms with Crippen molar-refractivity contribution in [3.8, 4) is 5.75 Å². The van der Waals surface area contributed by atoms with Crippen LogP contribution in [0.4, 0.5) is 11.4 Å². The molecule has 0 spiro atoms. The number of thioether (sulfide) groups is 1. The van der Waals surface area contributed by atoms with Crippen molar-refractivity contribution in [2.24, 2.45) is 4.99 Å². The van der Waals surface area contributed by atoms with E-state index in [1.807, 2.05) is 18.2 Å². The van der Waals surface area contributed by atoms with Gasteiger partial charge < -0.3 is 10.1 Å². The number of nitro benzene ring substituents is 1. The number of para-hydroxylation sites is 2. The van der Waals surface area contributed by atoms with Crippen LogP contribution in [-0.4, -0.2) is 22.6 Å². The van der Waals surface area contributed by atoms with E-state index in [4.69, 9.17) is 4.74 Å². The quantitative estimate of drug-likeness (QED) is 0.510. The van der Waals surface area contributed by atoms with Crippen molar-refractivity contribution in [1.82, 2.24) is 5.32 Å². The molecule has 0 radical (unpaired) electrons. The van der Waals surface area contributed by atoms with Crippen LogP contribution < -0.4 is 10.1 Å². The number of fused-ring (bicyclic) bond motifs is 1. The summed E-state index contributed by atoms with van der Waals surface area (Å²) in [6.45, 7) is 0.678. The molecule has 0 aromatic heterocycles. The van der Waals surface area contributed by atoms with Gasteiger partial charge in [0.05, 0.1) is 16.4 Å². The Morgan fingerprint density at radius 2 is 2.12 bits per heavy atom. The second-order valence-corrected chi connectivity index (χ2v) is 6.72. The van der Waals surface area contributed by atoms with Crippen molar-refractivity contribution >= 4 is 40.3 Å². The highest BCUT2D eigenvalue weighted by atomic mass is 32.2. The normalized spacial score (nSPS) is 18.7. The fraction of sp³-hybridized carbons (Fsp3) is 0.111. The van der Waals surface area contributed by atoms with E-state index in [9.17, 15) is 14.9 Å². The van der Waals surface area contributed by atoms with Crippen molar-refractivity contribution in [2.45, 2.75) is 6.42 Å². The van der Waals surface area contributed by atoms with E-state index in [0.717, 1.165) is 35.1 Å². The summed E-state index contributed by atoms with van der Waals surface area (Å²) < 4.78 is 5.48. The molecule has 0 aliphatic carbocycles. The van der Waals surface area contributed by atoms with Gasteiger partial charge in [0.2, 0.25) is 0 Å². The van der Waals surface area contributed by atoms with Gasteiger partial charge in [-0.15, -0.1) is 0 Å². The van der Waals surface area contributed by atoms with Gasteiger partial charge in [0.25, 0.3) is 11.6 Å². The second-order valence-electron chi connectivity index (χ2n) is 5.69. The van der Waals surface area contributed by atoms with Gasteiger partial charge in [0.1, 0.15) is 11.4 Å². The molecule has 1 N–H and O–H groups in total. The van der Waals surface area contributed by atoms with E-state index in [0.29, 0.717) is 16.7 Å². The Morgan fingerprint density at radius 1 is 1.27 bits per heavy atom. The highest BCUT2D eigenvalue weighted by Gasteiger charge is 2.25. The molecule has 0 saturated carbocycles. The van der Waals surface area contributed by atoms with E-state index >= 15 is 0 Å². The van der Waals surface area contributed by atoms with Crippen LogP contribution in [0.1, 0.15) is 11.1 Å². The largest absolute Gasteiger partial charge is 0.493 e. The smallest absolute Gasteiger partial charge is 0.294 e. The fourth-order valence-corrected chi connectivity index (χ4v) is 3.59. The van der Waals surface area contributed by atoms with E-state index in [-0.39, 0.29) is 17.3 Å². The Kier molecular flexibility index (Phi) is 4.18. The molecular formula is C18H13N3O4S. The minimum Gasteiger partial charge on any atom is -0.493 e. The maximum Gasteiger partial charge on any atom is 0.294 e. The summed E-state index contributed by atoms with van der Waals surface area (Å²) in [6.07, 6.45) is 2.64. The first-order valence-electron chi connectivity index (χ1n) is 7.89. The van der Waals surface area contributed by atoms with Gasteiger partial charge >= 0.3 is 0 Å². The average molecular weight is 367 g/mol. The molecule has 0 bridgehead atoms. The highest BCUT2D eigenvalue weighted by molar-refractivity contribution is 8.18. The van der Waals surface area contributed by atoms with Crippen molar-refractivity contribution in [1.29, 1.82) is 0 Å². The first-order valence-corrected chi connectivity index (χ1v) is 8.70. The number of carbonyl (C=O) groups is 1. The number of ether oxygens (including phenoxy) is 1. The molecular weight excluding hydrogens is 354 g/mol. The Labute approximate surface area is 152 Å². The number of nitrogens with one attached hydrogen (secondary N) is 1. The zero-order valence-electron chi connectivity index (χ0n) is 13.5. The lowest BCUT2D eigenvalue weighted by molar-refractivity contribution is -0.384. The second kappa shape index (κ2) is 6.64. The molecule has 2 aromatic rings. The fourth-order valence-electron chi connectivity index (χ4n) is 2.75. The van der Waals surface area contributed by atoms with E-state index in [2.05, 4.69) is 10.3 Å². The van der Waals surface area contributed by atoms with Crippen LogP contribution in [0, 0.1) is 10.1 Å². The molecule has 0 unspecified atom stereocenters. The van der Waals surface area contributed by atoms with Gasteiger partial charge in [0, 0.05) is 12.5 Å². The minimum atomic E-state index is -0.496. The molecule has 1 fully saturated rings. The van der Waals surface area contributed by atoms with Gasteiger partial charge in [-0.3, -0.25) is 14.9 Å². The van der Waals surface area contributed by atoms with Gasteiger partial charge in [0.15, 0.2) is 5.17 Å². The standard InChI is InChI=1S/C18H13N3O4S/c22-17-16(10-11-5-6-15-12(9-11)7-8-25-15)26-18(20-17)19-13-3-1-2-4-14(13)21(23)24/h1-6,9-10H,7-8H2,(H,19,20,22). The predicted molar refractivity (Wildman–Crippen MR) is 99.5 cm³/mol. The third-order valence-corrected chi connectivity index (χ3v) is 4.87. The van der Waals surface area contributed by atoms with Crippen LogP contribution in [0.3, 0.4) is 0 Å². The number of rotatable bonds is 3. The van der Waals surface area contributed by atoms with Crippen LogP contribution in [0.25, 0.3) is 6.08 Å². The summed E-state index contributed by atoms with van der Waals surface area (Å²) in [5, 5.41) is 14.0. The molecule has 2 aromatic carbocycles. The third-order valence-electron chi connectivity index (χ3n) is 3.96. The van der Waals surface area contributed by atoms with Crippen LogP contribution in [0.2, 0.25) is 0 Å².